The maximum atomic E-state index is 12.4. The summed E-state index contributed by atoms with van der Waals surface area (Å²) in [5, 5.41) is 12.7. The molecule has 2 aromatic rings. The van der Waals surface area contributed by atoms with Crippen LogP contribution in [0.3, 0.4) is 0 Å². The van der Waals surface area contributed by atoms with Crippen LogP contribution in [0.4, 0.5) is 16.3 Å². The van der Waals surface area contributed by atoms with Gasteiger partial charge in [0.05, 0.1) is 13.0 Å². The second-order valence-electron chi connectivity index (χ2n) is 7.57. The van der Waals surface area contributed by atoms with Crippen molar-refractivity contribution in [1.29, 1.82) is 0 Å². The molecule has 0 radical (unpaired) electrons. The largest absolute Gasteiger partial charge is 0.381 e. The average molecular weight is 430 g/mol. The molecule has 2 saturated heterocycles. The van der Waals surface area contributed by atoms with Crippen LogP contribution in [-0.4, -0.2) is 64.8 Å². The molecule has 8 nitrogen and oxygen atoms in total. The highest BCUT2D eigenvalue weighted by atomic mass is 32.2. The lowest BCUT2D eigenvalue weighted by atomic mass is 9.99. The fourth-order valence-corrected chi connectivity index (χ4v) is 4.58. The Balaban J connectivity index is 1.26. The summed E-state index contributed by atoms with van der Waals surface area (Å²) < 4.78 is 5.50. The monoisotopic (exact) mass is 429 g/mol. The topological polar surface area (TPSA) is 99.4 Å². The molecule has 3 heterocycles. The molecule has 1 aromatic carbocycles. The Morgan fingerprint density at radius 3 is 2.73 bits per heavy atom. The number of nitrogens with one attached hydrogen (secondary N) is 3. The molecule has 3 amide bonds. The van der Waals surface area contributed by atoms with Crippen molar-refractivity contribution >= 4 is 35.2 Å². The predicted octanol–water partition coefficient (Wildman–Crippen LogP) is 3.07. The molecule has 0 aliphatic carbocycles. The number of aromatic nitrogens is 2. The fourth-order valence-electron chi connectivity index (χ4n) is 3.68. The van der Waals surface area contributed by atoms with E-state index in [1.807, 2.05) is 47.0 Å². The van der Waals surface area contributed by atoms with E-state index >= 15 is 0 Å². The molecule has 160 valence electrons. The third-order valence-corrected chi connectivity index (χ3v) is 6.31. The molecular weight excluding hydrogens is 402 g/mol. The van der Waals surface area contributed by atoms with Gasteiger partial charge in [0.15, 0.2) is 5.82 Å². The van der Waals surface area contributed by atoms with Crippen molar-refractivity contribution in [2.75, 3.05) is 48.4 Å². The highest BCUT2D eigenvalue weighted by Crippen LogP contribution is 2.25. The first-order valence-electron chi connectivity index (χ1n) is 10.3. The van der Waals surface area contributed by atoms with Gasteiger partial charge in [-0.15, -0.1) is 0 Å². The molecule has 0 saturated carbocycles. The van der Waals surface area contributed by atoms with Gasteiger partial charge >= 0.3 is 6.03 Å². The lowest BCUT2D eigenvalue weighted by Gasteiger charge is -2.26. The summed E-state index contributed by atoms with van der Waals surface area (Å²) in [5.41, 5.74) is 2.58. The van der Waals surface area contributed by atoms with Crippen molar-refractivity contribution in [2.24, 2.45) is 0 Å². The van der Waals surface area contributed by atoms with Crippen LogP contribution in [0.2, 0.25) is 0 Å². The molecule has 30 heavy (non-hydrogen) atoms. The van der Waals surface area contributed by atoms with E-state index in [9.17, 15) is 9.59 Å². The number of thioether (sulfide) groups is 1. The van der Waals surface area contributed by atoms with Gasteiger partial charge in [-0.2, -0.15) is 16.9 Å². The molecule has 3 N–H and O–H groups in total. The van der Waals surface area contributed by atoms with E-state index in [-0.39, 0.29) is 11.9 Å². The molecule has 0 spiro atoms. The number of urea groups is 1. The lowest BCUT2D eigenvalue weighted by Crippen LogP contribution is -2.38. The van der Waals surface area contributed by atoms with Crippen molar-refractivity contribution in [3.05, 3.63) is 41.6 Å². The molecule has 0 bridgehead atoms. The summed E-state index contributed by atoms with van der Waals surface area (Å²) in [5.74, 6) is 2.95. The number of H-pyrrole nitrogens is 1. The Morgan fingerprint density at radius 1 is 1.20 bits per heavy atom. The van der Waals surface area contributed by atoms with Gasteiger partial charge in [0, 0.05) is 54.6 Å². The third kappa shape index (κ3) is 5.54. The van der Waals surface area contributed by atoms with Gasteiger partial charge in [0.25, 0.3) is 0 Å². The minimum atomic E-state index is -0.359. The number of aromatic amines is 1. The van der Waals surface area contributed by atoms with Crippen molar-refractivity contribution in [3.63, 3.8) is 0 Å². The Morgan fingerprint density at radius 2 is 2.00 bits per heavy atom. The first-order valence-corrected chi connectivity index (χ1v) is 11.5. The van der Waals surface area contributed by atoms with Crippen LogP contribution in [0, 0.1) is 0 Å². The number of rotatable bonds is 5. The maximum Gasteiger partial charge on any atom is 0.324 e. The number of hydrogen-bond acceptors (Lipinski definition) is 5. The molecule has 2 fully saturated rings. The second kappa shape index (κ2) is 9.99. The normalized spacial score (nSPS) is 19.3. The van der Waals surface area contributed by atoms with Crippen LogP contribution in [-0.2, 0) is 16.0 Å². The predicted molar refractivity (Wildman–Crippen MR) is 118 cm³/mol. The van der Waals surface area contributed by atoms with Crippen molar-refractivity contribution < 1.29 is 14.3 Å². The highest BCUT2D eigenvalue weighted by molar-refractivity contribution is 7.99. The van der Waals surface area contributed by atoms with Crippen LogP contribution in [0.1, 0.15) is 30.0 Å². The van der Waals surface area contributed by atoms with E-state index in [2.05, 4.69) is 20.8 Å². The number of nitrogens with zero attached hydrogens (tertiary/aromatic N) is 2. The van der Waals surface area contributed by atoms with E-state index in [1.54, 1.807) is 0 Å². The molecule has 4 rings (SSSR count). The van der Waals surface area contributed by atoms with E-state index in [4.69, 9.17) is 4.74 Å². The quantitative estimate of drug-likeness (QED) is 0.678. The summed E-state index contributed by atoms with van der Waals surface area (Å²) in [4.78, 5) is 26.6. The SMILES string of the molecule is O=C(Nc1ccc(CC(=O)N2CCSCC2)cc1)Nc1cc(C2CCCOC2)[nH]n1. The summed E-state index contributed by atoms with van der Waals surface area (Å²) in [6.45, 7) is 3.14. The van der Waals surface area contributed by atoms with Crippen LogP contribution in [0.15, 0.2) is 30.3 Å². The number of ether oxygens (including phenoxy) is 1. The number of carbonyl (C=O) groups is 2. The van der Waals surface area contributed by atoms with E-state index in [1.165, 1.54) is 0 Å². The minimum Gasteiger partial charge on any atom is -0.381 e. The summed E-state index contributed by atoms with van der Waals surface area (Å²) in [7, 11) is 0. The van der Waals surface area contributed by atoms with E-state index in [0.717, 1.165) is 55.3 Å². The summed E-state index contributed by atoms with van der Waals surface area (Å²) >= 11 is 1.89. The first kappa shape index (κ1) is 20.7. The first-order chi connectivity index (χ1) is 14.7. The summed E-state index contributed by atoms with van der Waals surface area (Å²) in [6.07, 6.45) is 2.48. The van der Waals surface area contributed by atoms with Crippen LogP contribution in [0.5, 0.6) is 0 Å². The third-order valence-electron chi connectivity index (χ3n) is 5.37. The number of hydrogen-bond donors (Lipinski definition) is 3. The van der Waals surface area contributed by atoms with Crippen LogP contribution < -0.4 is 10.6 Å². The number of amides is 3. The van der Waals surface area contributed by atoms with Crippen molar-refractivity contribution in [1.82, 2.24) is 15.1 Å². The summed E-state index contributed by atoms with van der Waals surface area (Å²) in [6, 6.07) is 8.87. The lowest BCUT2D eigenvalue weighted by molar-refractivity contribution is -0.130. The van der Waals surface area contributed by atoms with Gasteiger partial charge in [-0.1, -0.05) is 12.1 Å². The minimum absolute atomic E-state index is 0.159. The Kier molecular flexibility index (Phi) is 6.91. The standard InChI is InChI=1S/C21H27N5O3S/c27-20(26-7-10-30-11-8-26)12-15-3-5-17(6-4-15)22-21(28)23-19-13-18(24-25-19)16-2-1-9-29-14-16/h3-6,13,16H,1-2,7-12,14H2,(H3,22,23,24,25,28). The Hall–Kier alpha value is -2.52. The Labute approximate surface area is 180 Å². The average Bonchev–Trinajstić information content (AvgIpc) is 3.24. The smallest absolute Gasteiger partial charge is 0.324 e. The van der Waals surface area contributed by atoms with Crippen LogP contribution in [0.25, 0.3) is 0 Å². The number of benzene rings is 1. The van der Waals surface area contributed by atoms with Gasteiger partial charge in [0.2, 0.25) is 5.91 Å². The number of anilines is 2. The molecule has 1 atom stereocenters. The van der Waals surface area contributed by atoms with Gasteiger partial charge < -0.3 is 15.0 Å². The maximum absolute atomic E-state index is 12.4. The number of carbonyl (C=O) groups excluding carboxylic acids is 2. The molecule has 2 aliphatic rings. The molecule has 2 aliphatic heterocycles. The second-order valence-corrected chi connectivity index (χ2v) is 8.79. The fraction of sp³-hybridized carbons (Fsp3) is 0.476. The van der Waals surface area contributed by atoms with Gasteiger partial charge in [0.1, 0.15) is 0 Å². The molecule has 9 heteroatoms. The van der Waals surface area contributed by atoms with Crippen molar-refractivity contribution in [3.8, 4) is 0 Å². The molecule has 1 unspecified atom stereocenters. The van der Waals surface area contributed by atoms with E-state index < -0.39 is 0 Å². The molecule has 1 aromatic heterocycles. The van der Waals surface area contributed by atoms with Crippen molar-refractivity contribution in [2.45, 2.75) is 25.2 Å². The van der Waals surface area contributed by atoms with E-state index in [0.29, 0.717) is 30.5 Å². The highest BCUT2D eigenvalue weighted by Gasteiger charge is 2.19. The molecular formula is C21H27N5O3S. The van der Waals surface area contributed by atoms with Gasteiger partial charge in [-0.3, -0.25) is 15.2 Å². The van der Waals surface area contributed by atoms with Crippen LogP contribution >= 0.6 is 11.8 Å². The zero-order chi connectivity index (χ0) is 20.8. The van der Waals surface area contributed by atoms with Gasteiger partial charge in [-0.25, -0.2) is 4.79 Å². The zero-order valence-electron chi connectivity index (χ0n) is 16.9. The Bertz CT molecular complexity index is 858. The van der Waals surface area contributed by atoms with Gasteiger partial charge in [-0.05, 0) is 30.5 Å². The zero-order valence-corrected chi connectivity index (χ0v) is 17.7.